The summed E-state index contributed by atoms with van der Waals surface area (Å²) in [6.45, 7) is 1.87. The minimum absolute atomic E-state index is 0.124. The van der Waals surface area contributed by atoms with E-state index in [1.807, 2.05) is 0 Å². The van der Waals surface area contributed by atoms with Gasteiger partial charge in [0.15, 0.2) is 0 Å². The van der Waals surface area contributed by atoms with Crippen LogP contribution in [0.4, 0.5) is 10.1 Å². The first-order chi connectivity index (χ1) is 11.8. The highest BCUT2D eigenvalue weighted by Gasteiger charge is 2.31. The van der Waals surface area contributed by atoms with Crippen molar-refractivity contribution >= 4 is 21.6 Å². The Morgan fingerprint density at radius 1 is 1.16 bits per heavy atom. The second kappa shape index (κ2) is 8.11. The Hall–Kier alpha value is -2.41. The molecule has 0 spiro atoms. The number of rotatable bonds is 7. The summed E-state index contributed by atoms with van der Waals surface area (Å²) in [7, 11) is -3.65. The molecule has 25 heavy (non-hydrogen) atoms. The van der Waals surface area contributed by atoms with Crippen molar-refractivity contribution in [3.05, 3.63) is 66.0 Å². The lowest BCUT2D eigenvalue weighted by molar-refractivity contribution is -0.122. The molecule has 1 N–H and O–H groups in total. The van der Waals surface area contributed by atoms with Gasteiger partial charge in [-0.1, -0.05) is 37.3 Å². The molecule has 2 aromatic rings. The van der Waals surface area contributed by atoms with Crippen LogP contribution in [0.5, 0.6) is 0 Å². The molecule has 0 aliphatic heterocycles. The fraction of sp³-hybridized carbons (Fsp3) is 0.278. The van der Waals surface area contributed by atoms with Gasteiger partial charge in [-0.3, -0.25) is 9.10 Å². The van der Waals surface area contributed by atoms with Crippen LogP contribution in [0.1, 0.15) is 18.9 Å². The quantitative estimate of drug-likeness (QED) is 0.821. The normalized spacial score (nSPS) is 12.4. The number of carbonyl (C=O) groups excluding carboxylic acids is 1. The number of nitrogens with zero attached hydrogens (tertiary/aromatic N) is 1. The molecule has 0 aliphatic carbocycles. The standard InChI is InChI=1S/C18H21FN2O3S/c1-3-17(18(22)20-13-14-8-7-9-15(19)12-14)21(25(2,23)24)16-10-5-4-6-11-16/h4-12,17H,3,13H2,1-2H3,(H,20,22). The Balaban J connectivity index is 2.21. The molecule has 7 heteroatoms. The molecule has 0 radical (unpaired) electrons. The summed E-state index contributed by atoms with van der Waals surface area (Å²) in [6.07, 6.45) is 1.37. The molecule has 2 rings (SSSR count). The first-order valence-electron chi connectivity index (χ1n) is 7.89. The van der Waals surface area contributed by atoms with Crippen LogP contribution in [-0.4, -0.2) is 26.6 Å². The van der Waals surface area contributed by atoms with Crippen molar-refractivity contribution < 1.29 is 17.6 Å². The van der Waals surface area contributed by atoms with E-state index >= 15 is 0 Å². The lowest BCUT2D eigenvalue weighted by Crippen LogP contribution is -2.49. The number of nitrogens with one attached hydrogen (secondary N) is 1. The zero-order chi connectivity index (χ0) is 18.4. The molecule has 0 aliphatic rings. The van der Waals surface area contributed by atoms with Gasteiger partial charge in [0.2, 0.25) is 15.9 Å². The SMILES string of the molecule is CCC(C(=O)NCc1cccc(F)c1)N(c1ccccc1)S(C)(=O)=O. The fourth-order valence-electron chi connectivity index (χ4n) is 2.59. The van der Waals surface area contributed by atoms with Crippen LogP contribution < -0.4 is 9.62 Å². The maximum atomic E-state index is 13.2. The number of hydrogen-bond donors (Lipinski definition) is 1. The van der Waals surface area contributed by atoms with Gasteiger partial charge in [-0.25, -0.2) is 12.8 Å². The summed E-state index contributed by atoms with van der Waals surface area (Å²) in [4.78, 5) is 12.6. The Kier molecular flexibility index (Phi) is 6.14. The molecule has 0 aromatic heterocycles. The summed E-state index contributed by atoms with van der Waals surface area (Å²) < 4.78 is 38.8. The number of sulfonamides is 1. The summed E-state index contributed by atoms with van der Waals surface area (Å²) >= 11 is 0. The predicted octanol–water partition coefficient (Wildman–Crippen LogP) is 2.69. The van der Waals surface area contributed by atoms with Crippen LogP contribution in [0.2, 0.25) is 0 Å². The van der Waals surface area contributed by atoms with E-state index in [0.717, 1.165) is 10.6 Å². The van der Waals surface area contributed by atoms with Crippen molar-refractivity contribution in [2.24, 2.45) is 0 Å². The van der Waals surface area contributed by atoms with Crippen molar-refractivity contribution in [1.82, 2.24) is 5.32 Å². The van der Waals surface area contributed by atoms with E-state index in [1.54, 1.807) is 49.4 Å². The number of anilines is 1. The van der Waals surface area contributed by atoms with E-state index in [4.69, 9.17) is 0 Å². The third kappa shape index (κ3) is 5.03. The molecule has 0 fully saturated rings. The van der Waals surface area contributed by atoms with E-state index in [1.165, 1.54) is 12.1 Å². The Labute approximate surface area is 147 Å². The lowest BCUT2D eigenvalue weighted by atomic mass is 10.1. The molecule has 2 aromatic carbocycles. The second-order valence-corrected chi connectivity index (χ2v) is 7.53. The fourth-order valence-corrected chi connectivity index (χ4v) is 3.80. The molecular formula is C18H21FN2O3S. The van der Waals surface area contributed by atoms with Crippen molar-refractivity contribution in [3.8, 4) is 0 Å². The number of carbonyl (C=O) groups is 1. The van der Waals surface area contributed by atoms with Crippen LogP contribution >= 0.6 is 0 Å². The number of hydrogen-bond acceptors (Lipinski definition) is 3. The van der Waals surface area contributed by atoms with Gasteiger partial charge in [0.25, 0.3) is 0 Å². The molecule has 0 bridgehead atoms. The second-order valence-electron chi connectivity index (χ2n) is 5.67. The first kappa shape index (κ1) is 18.9. The van der Waals surface area contributed by atoms with Crippen molar-refractivity contribution in [2.45, 2.75) is 25.9 Å². The third-order valence-electron chi connectivity index (χ3n) is 3.70. The smallest absolute Gasteiger partial charge is 0.244 e. The van der Waals surface area contributed by atoms with Crippen LogP contribution in [0.15, 0.2) is 54.6 Å². The van der Waals surface area contributed by atoms with Gasteiger partial charge in [-0.15, -0.1) is 0 Å². The average Bonchev–Trinajstić information content (AvgIpc) is 2.57. The summed E-state index contributed by atoms with van der Waals surface area (Å²) in [5.74, 6) is -0.818. The van der Waals surface area contributed by atoms with Crippen molar-refractivity contribution in [1.29, 1.82) is 0 Å². The van der Waals surface area contributed by atoms with Gasteiger partial charge in [-0.05, 0) is 36.2 Å². The highest BCUT2D eigenvalue weighted by molar-refractivity contribution is 7.92. The zero-order valence-corrected chi connectivity index (χ0v) is 15.0. The topological polar surface area (TPSA) is 66.5 Å². The Bertz CT molecular complexity index is 825. The molecule has 134 valence electrons. The molecule has 1 atom stereocenters. The van der Waals surface area contributed by atoms with Gasteiger partial charge in [0, 0.05) is 6.54 Å². The lowest BCUT2D eigenvalue weighted by Gasteiger charge is -2.30. The van der Waals surface area contributed by atoms with Gasteiger partial charge >= 0.3 is 0 Å². The molecular weight excluding hydrogens is 343 g/mol. The molecule has 5 nitrogen and oxygen atoms in total. The van der Waals surface area contributed by atoms with Crippen LogP contribution in [0, 0.1) is 5.82 Å². The zero-order valence-electron chi connectivity index (χ0n) is 14.1. The summed E-state index contributed by atoms with van der Waals surface area (Å²) in [6, 6.07) is 13.5. The Morgan fingerprint density at radius 3 is 2.40 bits per heavy atom. The van der Waals surface area contributed by atoms with Gasteiger partial charge < -0.3 is 5.32 Å². The molecule has 0 saturated heterocycles. The van der Waals surface area contributed by atoms with Gasteiger partial charge in [0.05, 0.1) is 11.9 Å². The van der Waals surface area contributed by atoms with Crippen molar-refractivity contribution in [2.75, 3.05) is 10.6 Å². The van der Waals surface area contributed by atoms with E-state index in [-0.39, 0.29) is 12.4 Å². The Morgan fingerprint density at radius 2 is 1.84 bits per heavy atom. The average molecular weight is 364 g/mol. The van der Waals surface area contributed by atoms with Crippen LogP contribution in [0.3, 0.4) is 0 Å². The van der Waals surface area contributed by atoms with E-state index in [0.29, 0.717) is 17.7 Å². The highest BCUT2D eigenvalue weighted by atomic mass is 32.2. The monoisotopic (exact) mass is 364 g/mol. The number of amides is 1. The highest BCUT2D eigenvalue weighted by Crippen LogP contribution is 2.22. The summed E-state index contributed by atoms with van der Waals surface area (Å²) in [5, 5.41) is 2.69. The predicted molar refractivity (Wildman–Crippen MR) is 96.1 cm³/mol. The van der Waals surface area contributed by atoms with Gasteiger partial charge in [-0.2, -0.15) is 0 Å². The van der Waals surface area contributed by atoms with E-state index in [9.17, 15) is 17.6 Å². The van der Waals surface area contributed by atoms with E-state index < -0.39 is 22.0 Å². The number of halogens is 1. The number of benzene rings is 2. The molecule has 1 amide bonds. The van der Waals surface area contributed by atoms with Crippen LogP contribution in [-0.2, 0) is 21.4 Å². The summed E-state index contributed by atoms with van der Waals surface area (Å²) in [5.41, 5.74) is 1.03. The molecule has 0 saturated carbocycles. The van der Waals surface area contributed by atoms with Gasteiger partial charge in [0.1, 0.15) is 11.9 Å². The maximum Gasteiger partial charge on any atom is 0.244 e. The minimum Gasteiger partial charge on any atom is -0.350 e. The van der Waals surface area contributed by atoms with Crippen molar-refractivity contribution in [3.63, 3.8) is 0 Å². The van der Waals surface area contributed by atoms with E-state index in [2.05, 4.69) is 5.32 Å². The molecule has 0 heterocycles. The third-order valence-corrected chi connectivity index (χ3v) is 4.88. The number of para-hydroxylation sites is 1. The maximum absolute atomic E-state index is 13.2. The largest absolute Gasteiger partial charge is 0.350 e. The minimum atomic E-state index is -3.65. The van der Waals surface area contributed by atoms with Crippen LogP contribution in [0.25, 0.3) is 0 Å². The first-order valence-corrected chi connectivity index (χ1v) is 9.74. The molecule has 1 unspecified atom stereocenters.